The second kappa shape index (κ2) is 4.49. The molecule has 1 saturated heterocycles. The summed E-state index contributed by atoms with van der Waals surface area (Å²) in [6.45, 7) is 4.41. The van der Waals surface area contributed by atoms with Gasteiger partial charge in [-0.05, 0) is 17.7 Å². The quantitative estimate of drug-likeness (QED) is 0.783. The average Bonchev–Trinajstić information content (AvgIpc) is 2.71. The van der Waals surface area contributed by atoms with Crippen molar-refractivity contribution in [1.29, 1.82) is 0 Å². The number of anilines is 1. The number of benzene rings is 1. The lowest BCUT2D eigenvalue weighted by molar-refractivity contribution is -0.117. The van der Waals surface area contributed by atoms with Crippen LogP contribution in [0.15, 0.2) is 36.9 Å². The third-order valence-corrected chi connectivity index (χ3v) is 2.89. The largest absolute Gasteiger partial charge is 0.392 e. The Morgan fingerprint density at radius 3 is 3.00 bits per heavy atom. The first kappa shape index (κ1) is 10.9. The molecule has 1 aliphatic heterocycles. The Bertz CT molecular complexity index is 414. The SMILES string of the molecule is C=CC1CC(=O)N(c2cccc(CO)c2)C1. The van der Waals surface area contributed by atoms with E-state index in [0.717, 1.165) is 11.3 Å². The van der Waals surface area contributed by atoms with Crippen LogP contribution in [0.25, 0.3) is 0 Å². The standard InChI is InChI=1S/C13H15NO2/c1-2-10-7-13(16)14(8-10)12-5-3-4-11(6-12)9-15/h2-6,10,15H,1,7-9H2. The Balaban J connectivity index is 2.23. The fraction of sp³-hybridized carbons (Fsp3) is 0.308. The maximum atomic E-state index is 11.8. The molecule has 1 aromatic rings. The molecule has 3 nitrogen and oxygen atoms in total. The Morgan fingerprint density at radius 1 is 1.56 bits per heavy atom. The van der Waals surface area contributed by atoms with Gasteiger partial charge in [-0.3, -0.25) is 4.79 Å². The van der Waals surface area contributed by atoms with Gasteiger partial charge in [0.25, 0.3) is 0 Å². The molecule has 1 N–H and O–H groups in total. The van der Waals surface area contributed by atoms with Crippen LogP contribution in [0.3, 0.4) is 0 Å². The smallest absolute Gasteiger partial charge is 0.227 e. The Labute approximate surface area is 95.0 Å². The Hall–Kier alpha value is -1.61. The van der Waals surface area contributed by atoms with Crippen molar-refractivity contribution in [3.05, 3.63) is 42.5 Å². The molecule has 0 aromatic heterocycles. The van der Waals surface area contributed by atoms with Crippen molar-refractivity contribution < 1.29 is 9.90 Å². The van der Waals surface area contributed by atoms with Crippen LogP contribution in [0.5, 0.6) is 0 Å². The molecular weight excluding hydrogens is 202 g/mol. The van der Waals surface area contributed by atoms with Gasteiger partial charge in [-0.2, -0.15) is 0 Å². The van der Waals surface area contributed by atoms with E-state index in [1.807, 2.05) is 30.3 Å². The molecule has 84 valence electrons. The van der Waals surface area contributed by atoms with Crippen LogP contribution >= 0.6 is 0 Å². The first-order chi connectivity index (χ1) is 7.74. The van der Waals surface area contributed by atoms with E-state index in [1.54, 1.807) is 4.90 Å². The molecule has 0 aliphatic carbocycles. The number of hydrogen-bond donors (Lipinski definition) is 1. The zero-order valence-corrected chi connectivity index (χ0v) is 9.10. The van der Waals surface area contributed by atoms with Gasteiger partial charge in [0.2, 0.25) is 5.91 Å². The third kappa shape index (κ3) is 1.99. The maximum Gasteiger partial charge on any atom is 0.227 e. The molecule has 0 spiro atoms. The lowest BCUT2D eigenvalue weighted by Gasteiger charge is -2.16. The summed E-state index contributed by atoms with van der Waals surface area (Å²) in [6, 6.07) is 7.44. The van der Waals surface area contributed by atoms with Crippen molar-refractivity contribution in [2.75, 3.05) is 11.4 Å². The second-order valence-corrected chi connectivity index (χ2v) is 4.03. The monoisotopic (exact) mass is 217 g/mol. The topological polar surface area (TPSA) is 40.5 Å². The van der Waals surface area contributed by atoms with Gasteiger partial charge in [0, 0.05) is 24.6 Å². The van der Waals surface area contributed by atoms with E-state index < -0.39 is 0 Å². The van der Waals surface area contributed by atoms with Crippen LogP contribution in [-0.2, 0) is 11.4 Å². The van der Waals surface area contributed by atoms with Gasteiger partial charge < -0.3 is 10.0 Å². The van der Waals surface area contributed by atoms with E-state index >= 15 is 0 Å². The number of aliphatic hydroxyl groups is 1. The van der Waals surface area contributed by atoms with Gasteiger partial charge in [-0.25, -0.2) is 0 Å². The molecule has 1 aromatic carbocycles. The maximum absolute atomic E-state index is 11.8. The second-order valence-electron chi connectivity index (χ2n) is 4.03. The van der Waals surface area contributed by atoms with Crippen LogP contribution in [0.1, 0.15) is 12.0 Å². The lowest BCUT2D eigenvalue weighted by Crippen LogP contribution is -2.24. The Kier molecular flexibility index (Phi) is 3.06. The summed E-state index contributed by atoms with van der Waals surface area (Å²) >= 11 is 0. The van der Waals surface area contributed by atoms with Crippen molar-refractivity contribution in [3.63, 3.8) is 0 Å². The summed E-state index contributed by atoms with van der Waals surface area (Å²) in [6.07, 6.45) is 2.36. The summed E-state index contributed by atoms with van der Waals surface area (Å²) in [5, 5.41) is 9.05. The number of aliphatic hydroxyl groups excluding tert-OH is 1. The molecule has 1 heterocycles. The summed E-state index contributed by atoms with van der Waals surface area (Å²) in [5.74, 6) is 0.366. The van der Waals surface area contributed by atoms with Crippen molar-refractivity contribution in [2.45, 2.75) is 13.0 Å². The number of amides is 1. The zero-order valence-electron chi connectivity index (χ0n) is 9.10. The Morgan fingerprint density at radius 2 is 2.38 bits per heavy atom. The zero-order chi connectivity index (χ0) is 11.5. The van der Waals surface area contributed by atoms with Gasteiger partial charge in [0.1, 0.15) is 0 Å². The van der Waals surface area contributed by atoms with Crippen LogP contribution in [0, 0.1) is 5.92 Å². The number of hydrogen-bond acceptors (Lipinski definition) is 2. The van der Waals surface area contributed by atoms with Crippen molar-refractivity contribution in [2.24, 2.45) is 5.92 Å². The number of carbonyl (C=O) groups excluding carboxylic acids is 1. The highest BCUT2D eigenvalue weighted by atomic mass is 16.3. The third-order valence-electron chi connectivity index (χ3n) is 2.89. The normalized spacial score (nSPS) is 20.2. The first-order valence-electron chi connectivity index (χ1n) is 5.37. The van der Waals surface area contributed by atoms with Crippen LogP contribution in [0.2, 0.25) is 0 Å². The molecule has 0 saturated carbocycles. The van der Waals surface area contributed by atoms with Crippen LogP contribution in [-0.4, -0.2) is 17.6 Å². The van der Waals surface area contributed by atoms with Gasteiger partial charge in [-0.15, -0.1) is 6.58 Å². The van der Waals surface area contributed by atoms with Crippen LogP contribution < -0.4 is 4.90 Å². The molecule has 1 amide bonds. The van der Waals surface area contributed by atoms with E-state index in [0.29, 0.717) is 13.0 Å². The van der Waals surface area contributed by atoms with Crippen molar-refractivity contribution >= 4 is 11.6 Å². The number of nitrogens with zero attached hydrogens (tertiary/aromatic N) is 1. The summed E-state index contributed by atoms with van der Waals surface area (Å²) < 4.78 is 0. The molecule has 1 atom stereocenters. The van der Waals surface area contributed by atoms with Crippen LogP contribution in [0.4, 0.5) is 5.69 Å². The fourth-order valence-electron chi connectivity index (χ4n) is 1.97. The fourth-order valence-corrected chi connectivity index (χ4v) is 1.97. The highest BCUT2D eigenvalue weighted by Crippen LogP contribution is 2.26. The highest BCUT2D eigenvalue weighted by molar-refractivity contribution is 5.96. The van der Waals surface area contributed by atoms with Gasteiger partial charge in [-0.1, -0.05) is 18.2 Å². The number of carbonyl (C=O) groups is 1. The van der Waals surface area contributed by atoms with Crippen molar-refractivity contribution in [3.8, 4) is 0 Å². The molecule has 16 heavy (non-hydrogen) atoms. The molecular formula is C13H15NO2. The van der Waals surface area contributed by atoms with E-state index in [4.69, 9.17) is 5.11 Å². The van der Waals surface area contributed by atoms with E-state index in [9.17, 15) is 4.79 Å². The molecule has 2 rings (SSSR count). The molecule has 0 radical (unpaired) electrons. The van der Waals surface area contributed by atoms with E-state index in [2.05, 4.69) is 6.58 Å². The van der Waals surface area contributed by atoms with Crippen molar-refractivity contribution in [1.82, 2.24) is 0 Å². The van der Waals surface area contributed by atoms with Gasteiger partial charge in [0.15, 0.2) is 0 Å². The average molecular weight is 217 g/mol. The molecule has 1 aliphatic rings. The summed E-state index contributed by atoms with van der Waals surface area (Å²) in [4.78, 5) is 13.5. The molecule has 3 heteroatoms. The summed E-state index contributed by atoms with van der Waals surface area (Å²) in [5.41, 5.74) is 1.69. The van der Waals surface area contributed by atoms with Gasteiger partial charge in [0.05, 0.1) is 6.61 Å². The molecule has 1 unspecified atom stereocenters. The minimum Gasteiger partial charge on any atom is -0.392 e. The summed E-state index contributed by atoms with van der Waals surface area (Å²) in [7, 11) is 0. The van der Waals surface area contributed by atoms with Gasteiger partial charge >= 0.3 is 0 Å². The minimum atomic E-state index is 0.000751. The van der Waals surface area contributed by atoms with E-state index in [-0.39, 0.29) is 18.4 Å². The lowest BCUT2D eigenvalue weighted by atomic mass is 10.1. The first-order valence-corrected chi connectivity index (χ1v) is 5.37. The molecule has 1 fully saturated rings. The highest BCUT2D eigenvalue weighted by Gasteiger charge is 2.28. The predicted molar refractivity (Wildman–Crippen MR) is 63.0 cm³/mol. The minimum absolute atomic E-state index is 0.000751. The number of rotatable bonds is 3. The molecule has 0 bridgehead atoms. The predicted octanol–water partition coefficient (Wildman–Crippen LogP) is 1.72. The van der Waals surface area contributed by atoms with E-state index in [1.165, 1.54) is 0 Å².